The minimum Gasteiger partial charge on any atom is -0.481 e. The van der Waals surface area contributed by atoms with Crippen LogP contribution in [-0.4, -0.2) is 36.5 Å². The predicted molar refractivity (Wildman–Crippen MR) is 76.6 cm³/mol. The van der Waals surface area contributed by atoms with Gasteiger partial charge in [-0.3, -0.25) is 9.59 Å². The van der Waals surface area contributed by atoms with Crippen LogP contribution in [0.15, 0.2) is 29.7 Å². The summed E-state index contributed by atoms with van der Waals surface area (Å²) in [4.78, 5) is 23.5. The van der Waals surface area contributed by atoms with E-state index < -0.39 is 12.1 Å². The molecule has 105 valence electrons. The van der Waals surface area contributed by atoms with E-state index in [0.29, 0.717) is 12.8 Å². The molecule has 1 radical (unpaired) electrons. The molecule has 1 aliphatic heterocycles. The highest BCUT2D eigenvalue weighted by atomic mass is 32.1. The Morgan fingerprint density at radius 1 is 1.55 bits per heavy atom. The molecule has 7 heteroatoms. The topological polar surface area (TPSA) is 75.6 Å². The number of carbonyl (C=O) groups excluding carboxylic acids is 1. The predicted octanol–water partition coefficient (Wildman–Crippen LogP) is 1.17. The summed E-state index contributed by atoms with van der Waals surface area (Å²) in [5, 5.41) is 13.5. The van der Waals surface area contributed by atoms with Crippen LogP contribution in [0, 0.1) is 0 Å². The highest BCUT2D eigenvalue weighted by Gasteiger charge is 2.20. The molecule has 0 saturated heterocycles. The number of hydrogen-bond acceptors (Lipinski definition) is 4. The van der Waals surface area contributed by atoms with Crippen LogP contribution in [0.1, 0.15) is 17.7 Å². The Morgan fingerprint density at radius 3 is 3.10 bits per heavy atom. The standard InChI is InChI=1S/C13H15BNO4S/c16-12(8-10-4-2-6-20-10)15-11-5-1-3-9(19-14-11)7-13(17)18/h1-4,6,9,11H,5,7-8H2,(H,15,16)(H,17,18)/t9-,11+/m1/s1. The van der Waals surface area contributed by atoms with Crippen molar-refractivity contribution in [2.24, 2.45) is 0 Å². The molecule has 0 unspecified atom stereocenters. The van der Waals surface area contributed by atoms with E-state index in [4.69, 9.17) is 9.76 Å². The van der Waals surface area contributed by atoms with E-state index in [-0.39, 0.29) is 18.3 Å². The van der Waals surface area contributed by atoms with Crippen molar-refractivity contribution in [2.45, 2.75) is 31.3 Å². The fourth-order valence-electron chi connectivity index (χ4n) is 1.88. The second-order valence-electron chi connectivity index (χ2n) is 4.50. The number of carboxylic acid groups (broad SMARTS) is 1. The zero-order chi connectivity index (χ0) is 14.4. The Morgan fingerprint density at radius 2 is 2.40 bits per heavy atom. The zero-order valence-electron chi connectivity index (χ0n) is 10.8. The SMILES string of the molecule is O=C(O)C[C@H]1C=CC[C@H](NC(=O)Cc2cccs2)[B]O1. The fourth-order valence-corrected chi connectivity index (χ4v) is 2.59. The second kappa shape index (κ2) is 7.26. The molecule has 2 N–H and O–H groups in total. The quantitative estimate of drug-likeness (QED) is 0.631. The molecule has 2 atom stereocenters. The van der Waals surface area contributed by atoms with Crippen molar-refractivity contribution in [3.05, 3.63) is 34.5 Å². The van der Waals surface area contributed by atoms with Gasteiger partial charge in [0.05, 0.1) is 18.9 Å². The molecule has 0 bridgehead atoms. The van der Waals surface area contributed by atoms with Gasteiger partial charge in [-0.15, -0.1) is 11.3 Å². The first-order chi connectivity index (χ1) is 9.63. The van der Waals surface area contributed by atoms with Crippen LogP contribution in [-0.2, 0) is 20.7 Å². The first kappa shape index (κ1) is 14.8. The summed E-state index contributed by atoms with van der Waals surface area (Å²) in [6.45, 7) is 0. The summed E-state index contributed by atoms with van der Waals surface area (Å²) in [6.07, 6.45) is 3.97. The van der Waals surface area contributed by atoms with Gasteiger partial charge >= 0.3 is 13.5 Å². The van der Waals surface area contributed by atoms with Gasteiger partial charge in [-0.25, -0.2) is 0 Å². The number of nitrogens with one attached hydrogen (secondary N) is 1. The third-order valence-corrected chi connectivity index (χ3v) is 3.67. The Hall–Kier alpha value is -1.60. The molecule has 0 saturated carbocycles. The molecule has 2 rings (SSSR count). The number of aliphatic carboxylic acids is 1. The minimum atomic E-state index is -0.909. The average Bonchev–Trinajstić information content (AvgIpc) is 2.78. The molecule has 0 aliphatic carbocycles. The van der Waals surface area contributed by atoms with Crippen LogP contribution in [0.25, 0.3) is 0 Å². The van der Waals surface area contributed by atoms with Crippen LogP contribution in [0.2, 0.25) is 0 Å². The van der Waals surface area contributed by atoms with Gasteiger partial charge in [0.2, 0.25) is 5.91 Å². The van der Waals surface area contributed by atoms with Crippen LogP contribution >= 0.6 is 11.3 Å². The lowest BCUT2D eigenvalue weighted by Gasteiger charge is -2.15. The monoisotopic (exact) mass is 292 g/mol. The third-order valence-electron chi connectivity index (χ3n) is 2.80. The van der Waals surface area contributed by atoms with Crippen molar-refractivity contribution in [3.63, 3.8) is 0 Å². The van der Waals surface area contributed by atoms with Gasteiger partial charge in [-0.2, -0.15) is 0 Å². The summed E-state index contributed by atoms with van der Waals surface area (Å²) in [6, 6.07) is 3.83. The van der Waals surface area contributed by atoms with Gasteiger partial charge in [0, 0.05) is 10.8 Å². The van der Waals surface area contributed by atoms with Gasteiger partial charge in [0.25, 0.3) is 0 Å². The maximum absolute atomic E-state index is 11.9. The zero-order valence-corrected chi connectivity index (χ0v) is 11.6. The van der Waals surface area contributed by atoms with Gasteiger partial charge in [0.1, 0.15) is 0 Å². The first-order valence-electron chi connectivity index (χ1n) is 6.32. The van der Waals surface area contributed by atoms with Gasteiger partial charge in [-0.1, -0.05) is 18.2 Å². The van der Waals surface area contributed by atoms with E-state index in [1.165, 1.54) is 7.48 Å². The number of carbonyl (C=O) groups is 2. The summed E-state index contributed by atoms with van der Waals surface area (Å²) < 4.78 is 5.36. The van der Waals surface area contributed by atoms with Crippen molar-refractivity contribution < 1.29 is 19.3 Å². The Labute approximate surface area is 121 Å². The van der Waals surface area contributed by atoms with Crippen molar-refractivity contribution in [3.8, 4) is 0 Å². The molecule has 1 aromatic heterocycles. The molecule has 1 aliphatic rings. The number of thiophene rings is 1. The lowest BCUT2D eigenvalue weighted by molar-refractivity contribution is -0.138. The number of amides is 1. The van der Waals surface area contributed by atoms with Gasteiger partial charge in [0.15, 0.2) is 0 Å². The van der Waals surface area contributed by atoms with Crippen LogP contribution in [0.4, 0.5) is 0 Å². The lowest BCUT2D eigenvalue weighted by Crippen LogP contribution is -2.40. The van der Waals surface area contributed by atoms with Crippen LogP contribution in [0.5, 0.6) is 0 Å². The molecule has 20 heavy (non-hydrogen) atoms. The van der Waals surface area contributed by atoms with Gasteiger partial charge in [-0.05, 0) is 17.9 Å². The molecular formula is C13H15BNO4S. The number of carboxylic acids is 1. The molecule has 0 spiro atoms. The van der Waals surface area contributed by atoms with E-state index in [1.54, 1.807) is 17.4 Å². The fraction of sp³-hybridized carbons (Fsp3) is 0.385. The molecule has 1 amide bonds. The van der Waals surface area contributed by atoms with Crippen LogP contribution < -0.4 is 5.32 Å². The maximum atomic E-state index is 11.9. The molecule has 0 aromatic carbocycles. The number of rotatable bonds is 5. The molecule has 0 fully saturated rings. The molecule has 2 heterocycles. The van der Waals surface area contributed by atoms with E-state index in [9.17, 15) is 9.59 Å². The number of hydrogen-bond donors (Lipinski definition) is 2. The highest BCUT2D eigenvalue weighted by molar-refractivity contribution is 7.10. The van der Waals surface area contributed by atoms with E-state index >= 15 is 0 Å². The van der Waals surface area contributed by atoms with Crippen molar-refractivity contribution in [1.82, 2.24) is 5.32 Å². The Balaban J connectivity index is 1.78. The highest BCUT2D eigenvalue weighted by Crippen LogP contribution is 2.11. The summed E-state index contributed by atoms with van der Waals surface area (Å²) in [5.74, 6) is -1.20. The summed E-state index contributed by atoms with van der Waals surface area (Å²) >= 11 is 1.54. The van der Waals surface area contributed by atoms with E-state index in [1.807, 2.05) is 23.6 Å². The second-order valence-corrected chi connectivity index (χ2v) is 5.53. The first-order valence-corrected chi connectivity index (χ1v) is 7.20. The van der Waals surface area contributed by atoms with Crippen molar-refractivity contribution >= 4 is 30.7 Å². The minimum absolute atomic E-state index is 0.0672. The average molecular weight is 292 g/mol. The van der Waals surface area contributed by atoms with Crippen LogP contribution in [0.3, 0.4) is 0 Å². The van der Waals surface area contributed by atoms with Crippen molar-refractivity contribution in [1.29, 1.82) is 0 Å². The third kappa shape index (κ3) is 4.83. The molecule has 1 aromatic rings. The lowest BCUT2D eigenvalue weighted by atomic mass is 9.85. The summed E-state index contributed by atoms with van der Waals surface area (Å²) in [7, 11) is 1.51. The largest absolute Gasteiger partial charge is 0.481 e. The molecular weight excluding hydrogens is 277 g/mol. The normalized spacial score (nSPS) is 21.8. The van der Waals surface area contributed by atoms with Crippen molar-refractivity contribution in [2.75, 3.05) is 0 Å². The Kier molecular flexibility index (Phi) is 5.37. The van der Waals surface area contributed by atoms with Gasteiger partial charge < -0.3 is 15.1 Å². The maximum Gasteiger partial charge on any atom is 0.317 e. The molecule has 5 nitrogen and oxygen atoms in total. The summed E-state index contributed by atoms with van der Waals surface area (Å²) in [5.41, 5.74) is 0. The van der Waals surface area contributed by atoms with E-state index in [2.05, 4.69) is 5.32 Å². The van der Waals surface area contributed by atoms with E-state index in [0.717, 1.165) is 4.88 Å². The Bertz CT molecular complexity index is 489. The smallest absolute Gasteiger partial charge is 0.317 e.